The van der Waals surface area contributed by atoms with Gasteiger partial charge in [-0.15, -0.1) is 0 Å². The molecule has 0 aliphatic carbocycles. The van der Waals surface area contributed by atoms with Crippen LogP contribution in [-0.2, 0) is 0 Å². The lowest BCUT2D eigenvalue weighted by Gasteiger charge is -2.12. The average molecular weight is 379 g/mol. The number of rotatable bonds is 3. The van der Waals surface area contributed by atoms with E-state index in [0.29, 0.717) is 27.8 Å². The Morgan fingerprint density at radius 2 is 1.59 bits per heavy atom. The number of hydrogen-bond donors (Lipinski definition) is 0. The molecule has 0 saturated carbocycles. The molecule has 0 aliphatic heterocycles. The maximum Gasteiger partial charge on any atom is 0.269 e. The smallest absolute Gasteiger partial charge is 0.268 e. The Balaban J connectivity index is 1.87. The number of aromatic nitrogens is 4. The molecule has 0 saturated heterocycles. The number of benzene rings is 2. The van der Waals surface area contributed by atoms with Crippen molar-refractivity contribution in [2.24, 2.45) is 0 Å². The van der Waals surface area contributed by atoms with Gasteiger partial charge < -0.3 is 0 Å². The summed E-state index contributed by atoms with van der Waals surface area (Å²) < 4.78 is 3.28. The molecule has 5 nitrogen and oxygen atoms in total. The van der Waals surface area contributed by atoms with Gasteiger partial charge in [-0.1, -0.05) is 37.6 Å². The molecule has 4 rings (SSSR count). The molecule has 2 aromatic heterocycles. The predicted molar refractivity (Wildman–Crippen MR) is 108 cm³/mol. The molecule has 0 aliphatic rings. The van der Waals surface area contributed by atoms with Gasteiger partial charge >= 0.3 is 0 Å². The van der Waals surface area contributed by atoms with E-state index in [0.717, 1.165) is 11.4 Å². The highest BCUT2D eigenvalue weighted by molar-refractivity contribution is 6.30. The SMILES string of the molecule is Cc1nc2c(cnn2-c2ccc(Cl)cc2)c(=O)n1-c1ccc(C(C)C)cc1. The summed E-state index contributed by atoms with van der Waals surface area (Å²) in [7, 11) is 0. The number of nitrogens with zero attached hydrogens (tertiary/aromatic N) is 4. The van der Waals surface area contributed by atoms with Crippen LogP contribution in [0.3, 0.4) is 0 Å². The van der Waals surface area contributed by atoms with Crippen LogP contribution in [0.2, 0.25) is 5.02 Å². The van der Waals surface area contributed by atoms with Crippen LogP contribution >= 0.6 is 11.6 Å². The van der Waals surface area contributed by atoms with Crippen molar-refractivity contribution < 1.29 is 0 Å². The van der Waals surface area contributed by atoms with Gasteiger partial charge in [0.25, 0.3) is 5.56 Å². The molecule has 0 unspecified atom stereocenters. The monoisotopic (exact) mass is 378 g/mol. The largest absolute Gasteiger partial charge is 0.269 e. The molecule has 4 aromatic rings. The van der Waals surface area contributed by atoms with Gasteiger partial charge in [-0.25, -0.2) is 9.67 Å². The average Bonchev–Trinajstić information content (AvgIpc) is 3.07. The van der Waals surface area contributed by atoms with Crippen LogP contribution in [0, 0.1) is 6.92 Å². The molecular weight excluding hydrogens is 360 g/mol. The Morgan fingerprint density at radius 1 is 0.963 bits per heavy atom. The lowest BCUT2D eigenvalue weighted by molar-refractivity contribution is 0.850. The third-order valence-corrected chi connectivity index (χ3v) is 4.91. The molecule has 0 atom stereocenters. The first-order valence-corrected chi connectivity index (χ1v) is 9.17. The Bertz CT molecular complexity index is 1170. The van der Waals surface area contributed by atoms with Crippen molar-refractivity contribution in [1.82, 2.24) is 19.3 Å². The number of fused-ring (bicyclic) bond motifs is 1. The number of hydrogen-bond acceptors (Lipinski definition) is 3. The second-order valence-electron chi connectivity index (χ2n) is 6.82. The van der Waals surface area contributed by atoms with Crippen LogP contribution in [0.5, 0.6) is 0 Å². The predicted octanol–water partition coefficient (Wildman–Crippen LogP) is 4.66. The van der Waals surface area contributed by atoms with Crippen LogP contribution in [-0.4, -0.2) is 19.3 Å². The van der Waals surface area contributed by atoms with E-state index in [1.807, 2.05) is 43.3 Å². The van der Waals surface area contributed by atoms with E-state index in [1.54, 1.807) is 27.6 Å². The second-order valence-corrected chi connectivity index (χ2v) is 7.25. The summed E-state index contributed by atoms with van der Waals surface area (Å²) in [5, 5.41) is 5.49. The topological polar surface area (TPSA) is 52.7 Å². The third kappa shape index (κ3) is 3.04. The fourth-order valence-corrected chi connectivity index (χ4v) is 3.28. The van der Waals surface area contributed by atoms with Crippen molar-refractivity contribution in [2.75, 3.05) is 0 Å². The minimum Gasteiger partial charge on any atom is -0.268 e. The zero-order valence-corrected chi connectivity index (χ0v) is 16.1. The van der Waals surface area contributed by atoms with E-state index in [4.69, 9.17) is 11.6 Å². The molecule has 136 valence electrons. The van der Waals surface area contributed by atoms with E-state index in [9.17, 15) is 4.79 Å². The molecular formula is C21H19ClN4O. The van der Waals surface area contributed by atoms with Crippen LogP contribution in [0.15, 0.2) is 59.5 Å². The van der Waals surface area contributed by atoms with Crippen molar-refractivity contribution in [3.05, 3.63) is 81.5 Å². The van der Waals surface area contributed by atoms with Gasteiger partial charge in [0.1, 0.15) is 11.2 Å². The molecule has 0 fully saturated rings. The van der Waals surface area contributed by atoms with E-state index >= 15 is 0 Å². The fraction of sp³-hybridized carbons (Fsp3) is 0.190. The zero-order chi connectivity index (χ0) is 19.1. The Hall–Kier alpha value is -2.92. The highest BCUT2D eigenvalue weighted by atomic mass is 35.5. The first-order valence-electron chi connectivity index (χ1n) is 8.79. The normalized spacial score (nSPS) is 11.4. The minimum atomic E-state index is -0.130. The van der Waals surface area contributed by atoms with Crippen molar-refractivity contribution in [1.29, 1.82) is 0 Å². The summed E-state index contributed by atoms with van der Waals surface area (Å²) in [5.74, 6) is 1.05. The Kier molecular flexibility index (Phi) is 4.32. The van der Waals surface area contributed by atoms with Gasteiger partial charge in [0.15, 0.2) is 5.65 Å². The van der Waals surface area contributed by atoms with E-state index in [-0.39, 0.29) is 5.56 Å². The standard InChI is InChI=1S/C21H19ClN4O/c1-13(2)15-4-8-17(9-5-15)25-14(3)24-20-19(21(25)27)12-23-26(20)18-10-6-16(22)7-11-18/h4-13H,1-3H3. The molecule has 0 radical (unpaired) electrons. The second kappa shape index (κ2) is 6.67. The summed E-state index contributed by atoms with van der Waals surface area (Å²) in [6, 6.07) is 15.3. The highest BCUT2D eigenvalue weighted by Gasteiger charge is 2.15. The van der Waals surface area contributed by atoms with Crippen molar-refractivity contribution in [2.45, 2.75) is 26.7 Å². The van der Waals surface area contributed by atoms with Crippen LogP contribution in [0.1, 0.15) is 31.2 Å². The number of halogens is 1. The van der Waals surface area contributed by atoms with Crippen LogP contribution < -0.4 is 5.56 Å². The van der Waals surface area contributed by atoms with Crippen molar-refractivity contribution in [3.8, 4) is 11.4 Å². The molecule has 6 heteroatoms. The van der Waals surface area contributed by atoms with Gasteiger partial charge in [-0.05, 0) is 54.8 Å². The molecule has 0 spiro atoms. The zero-order valence-electron chi connectivity index (χ0n) is 15.3. The summed E-state index contributed by atoms with van der Waals surface area (Å²) in [6.07, 6.45) is 1.57. The van der Waals surface area contributed by atoms with Gasteiger partial charge in [-0.3, -0.25) is 9.36 Å². The molecule has 2 aromatic carbocycles. The van der Waals surface area contributed by atoms with Crippen LogP contribution in [0.25, 0.3) is 22.4 Å². The fourth-order valence-electron chi connectivity index (χ4n) is 3.15. The summed E-state index contributed by atoms with van der Waals surface area (Å²) in [6.45, 7) is 6.12. The Morgan fingerprint density at radius 3 is 2.22 bits per heavy atom. The van der Waals surface area contributed by atoms with Crippen molar-refractivity contribution in [3.63, 3.8) is 0 Å². The summed E-state index contributed by atoms with van der Waals surface area (Å²) in [5.41, 5.74) is 3.24. The Labute approximate surface area is 161 Å². The lowest BCUT2D eigenvalue weighted by atomic mass is 10.0. The first kappa shape index (κ1) is 17.5. The molecule has 27 heavy (non-hydrogen) atoms. The number of aryl methyl sites for hydroxylation is 1. The summed E-state index contributed by atoms with van der Waals surface area (Å²) in [4.78, 5) is 17.8. The molecule has 0 N–H and O–H groups in total. The third-order valence-electron chi connectivity index (χ3n) is 4.66. The van der Waals surface area contributed by atoms with Crippen molar-refractivity contribution >= 4 is 22.6 Å². The maximum atomic E-state index is 13.1. The van der Waals surface area contributed by atoms with Gasteiger partial charge in [0.05, 0.1) is 17.6 Å². The minimum absolute atomic E-state index is 0.130. The molecule has 0 bridgehead atoms. The highest BCUT2D eigenvalue weighted by Crippen LogP contribution is 2.20. The van der Waals surface area contributed by atoms with Gasteiger partial charge in [-0.2, -0.15) is 5.10 Å². The lowest BCUT2D eigenvalue weighted by Crippen LogP contribution is -2.22. The maximum absolute atomic E-state index is 13.1. The summed E-state index contributed by atoms with van der Waals surface area (Å²) >= 11 is 5.96. The van der Waals surface area contributed by atoms with Gasteiger partial charge in [0, 0.05) is 5.02 Å². The quantitative estimate of drug-likeness (QED) is 0.521. The van der Waals surface area contributed by atoms with E-state index in [1.165, 1.54) is 5.56 Å². The van der Waals surface area contributed by atoms with Gasteiger partial charge in [0.2, 0.25) is 0 Å². The first-order chi connectivity index (χ1) is 13.0. The molecule has 2 heterocycles. The molecule has 0 amide bonds. The van der Waals surface area contributed by atoms with E-state index in [2.05, 4.69) is 23.9 Å². The van der Waals surface area contributed by atoms with Crippen LogP contribution in [0.4, 0.5) is 0 Å². The van der Waals surface area contributed by atoms with E-state index < -0.39 is 0 Å².